The molecule has 1 aromatic heterocycles. The molecule has 2 N–H and O–H groups in total. The zero-order valence-electron chi connectivity index (χ0n) is 15.2. The van der Waals surface area contributed by atoms with Crippen molar-refractivity contribution in [2.75, 3.05) is 6.54 Å². The summed E-state index contributed by atoms with van der Waals surface area (Å²) >= 11 is 0. The molecule has 0 radical (unpaired) electrons. The molecule has 1 aliphatic rings. The first-order valence-corrected chi connectivity index (χ1v) is 8.89. The standard InChI is InChI=1S/C20H27N3O/c1-12-11-13(2)15(4)19(14(12)3)20(24)21-10-9-18-16-7-5-6-8-17(16)22-23-18/h11H,5-10H2,1-4H3,(H,21,24)(H,22,23). The molecule has 128 valence electrons. The second-order valence-corrected chi connectivity index (χ2v) is 6.98. The number of rotatable bonds is 4. The summed E-state index contributed by atoms with van der Waals surface area (Å²) in [4.78, 5) is 12.7. The van der Waals surface area contributed by atoms with Gasteiger partial charge in [0.05, 0.1) is 5.69 Å². The van der Waals surface area contributed by atoms with Gasteiger partial charge in [0.2, 0.25) is 0 Å². The van der Waals surface area contributed by atoms with Gasteiger partial charge in [-0.05, 0) is 81.2 Å². The Morgan fingerprint density at radius 1 is 1.12 bits per heavy atom. The van der Waals surface area contributed by atoms with Crippen molar-refractivity contribution in [2.45, 2.75) is 59.8 Å². The van der Waals surface area contributed by atoms with Crippen molar-refractivity contribution in [2.24, 2.45) is 0 Å². The van der Waals surface area contributed by atoms with E-state index in [1.54, 1.807) is 0 Å². The molecule has 3 rings (SSSR count). The monoisotopic (exact) mass is 325 g/mol. The number of benzene rings is 1. The minimum absolute atomic E-state index is 0.0289. The van der Waals surface area contributed by atoms with Crippen LogP contribution < -0.4 is 5.32 Å². The molecule has 1 aliphatic carbocycles. The average molecular weight is 325 g/mol. The Morgan fingerprint density at radius 3 is 2.50 bits per heavy atom. The Bertz CT molecular complexity index is 747. The lowest BCUT2D eigenvalue weighted by Crippen LogP contribution is -2.28. The van der Waals surface area contributed by atoms with Crippen molar-refractivity contribution in [3.63, 3.8) is 0 Å². The number of nitrogens with zero attached hydrogens (tertiary/aromatic N) is 1. The van der Waals surface area contributed by atoms with Crippen LogP contribution in [0.2, 0.25) is 0 Å². The Balaban J connectivity index is 1.68. The van der Waals surface area contributed by atoms with E-state index in [0.29, 0.717) is 6.54 Å². The van der Waals surface area contributed by atoms with Crippen LogP contribution in [0, 0.1) is 27.7 Å². The van der Waals surface area contributed by atoms with Crippen molar-refractivity contribution in [1.82, 2.24) is 15.5 Å². The van der Waals surface area contributed by atoms with Crippen LogP contribution >= 0.6 is 0 Å². The normalized spacial score (nSPS) is 13.7. The van der Waals surface area contributed by atoms with Gasteiger partial charge in [-0.25, -0.2) is 0 Å². The van der Waals surface area contributed by atoms with Crippen molar-refractivity contribution in [3.05, 3.63) is 50.8 Å². The lowest BCUT2D eigenvalue weighted by Gasteiger charge is -2.15. The van der Waals surface area contributed by atoms with Crippen molar-refractivity contribution in [3.8, 4) is 0 Å². The van der Waals surface area contributed by atoms with Crippen LogP contribution in [-0.4, -0.2) is 22.6 Å². The first-order valence-electron chi connectivity index (χ1n) is 8.89. The van der Waals surface area contributed by atoms with E-state index in [2.05, 4.69) is 35.4 Å². The fraction of sp³-hybridized carbons (Fsp3) is 0.500. The van der Waals surface area contributed by atoms with E-state index in [1.165, 1.54) is 35.2 Å². The van der Waals surface area contributed by atoms with Gasteiger partial charge in [-0.15, -0.1) is 0 Å². The molecule has 1 heterocycles. The number of carbonyl (C=O) groups excluding carboxylic acids is 1. The Morgan fingerprint density at radius 2 is 1.79 bits per heavy atom. The first kappa shape index (κ1) is 16.7. The second-order valence-electron chi connectivity index (χ2n) is 6.98. The number of aromatic amines is 1. The van der Waals surface area contributed by atoms with Crippen molar-refractivity contribution < 1.29 is 4.79 Å². The summed E-state index contributed by atoms with van der Waals surface area (Å²) in [6.45, 7) is 8.81. The summed E-state index contributed by atoms with van der Waals surface area (Å²) in [6, 6.07) is 2.15. The van der Waals surface area contributed by atoms with Crippen LogP contribution in [0.3, 0.4) is 0 Å². The number of carbonyl (C=O) groups is 1. The number of fused-ring (bicyclic) bond motifs is 1. The predicted molar refractivity (Wildman–Crippen MR) is 96.7 cm³/mol. The summed E-state index contributed by atoms with van der Waals surface area (Å²) in [7, 11) is 0. The van der Waals surface area contributed by atoms with Gasteiger partial charge in [-0.2, -0.15) is 5.10 Å². The summed E-state index contributed by atoms with van der Waals surface area (Å²) in [5.41, 5.74) is 9.13. The topological polar surface area (TPSA) is 57.8 Å². The highest BCUT2D eigenvalue weighted by molar-refractivity contribution is 5.97. The molecule has 0 saturated heterocycles. The SMILES string of the molecule is Cc1cc(C)c(C)c(C(=O)NCCc2n[nH]c3c2CCCC3)c1C. The van der Waals surface area contributed by atoms with Crippen LogP contribution in [0.5, 0.6) is 0 Å². The number of H-pyrrole nitrogens is 1. The molecule has 0 unspecified atom stereocenters. The molecule has 0 fully saturated rings. The fourth-order valence-electron chi connectivity index (χ4n) is 3.70. The lowest BCUT2D eigenvalue weighted by atomic mass is 9.93. The average Bonchev–Trinajstić information content (AvgIpc) is 2.97. The van der Waals surface area contributed by atoms with Crippen LogP contribution in [0.1, 0.15) is 62.4 Å². The molecule has 2 aromatic rings. The number of aryl methyl sites for hydroxylation is 3. The highest BCUT2D eigenvalue weighted by Crippen LogP contribution is 2.23. The van der Waals surface area contributed by atoms with E-state index >= 15 is 0 Å². The van der Waals surface area contributed by atoms with E-state index in [1.807, 2.05) is 13.8 Å². The smallest absolute Gasteiger partial charge is 0.251 e. The highest BCUT2D eigenvalue weighted by atomic mass is 16.1. The molecule has 0 saturated carbocycles. The lowest BCUT2D eigenvalue weighted by molar-refractivity contribution is 0.0952. The zero-order chi connectivity index (χ0) is 17.3. The van der Waals surface area contributed by atoms with Gasteiger partial charge in [0, 0.05) is 24.2 Å². The van der Waals surface area contributed by atoms with Crippen LogP contribution in [-0.2, 0) is 19.3 Å². The van der Waals surface area contributed by atoms with Gasteiger partial charge in [-0.1, -0.05) is 6.07 Å². The molecule has 0 bridgehead atoms. The molecule has 0 spiro atoms. The summed E-state index contributed by atoms with van der Waals surface area (Å²) in [5.74, 6) is 0.0289. The van der Waals surface area contributed by atoms with Crippen LogP contribution in [0.15, 0.2) is 6.07 Å². The molecule has 4 nitrogen and oxygen atoms in total. The third-order valence-corrected chi connectivity index (χ3v) is 5.38. The third-order valence-electron chi connectivity index (χ3n) is 5.38. The minimum atomic E-state index is 0.0289. The Kier molecular flexibility index (Phi) is 4.74. The van der Waals surface area contributed by atoms with E-state index in [-0.39, 0.29) is 5.91 Å². The summed E-state index contributed by atoms with van der Waals surface area (Å²) < 4.78 is 0. The summed E-state index contributed by atoms with van der Waals surface area (Å²) in [6.07, 6.45) is 5.50. The first-order chi connectivity index (χ1) is 11.5. The molecule has 1 aromatic carbocycles. The minimum Gasteiger partial charge on any atom is -0.352 e. The Hall–Kier alpha value is -2.10. The van der Waals surface area contributed by atoms with E-state index in [0.717, 1.165) is 41.6 Å². The molecule has 24 heavy (non-hydrogen) atoms. The largest absolute Gasteiger partial charge is 0.352 e. The predicted octanol–water partition coefficient (Wildman–Crippen LogP) is 3.49. The Labute approximate surface area is 144 Å². The van der Waals surface area contributed by atoms with Gasteiger partial charge in [0.1, 0.15) is 0 Å². The van der Waals surface area contributed by atoms with Gasteiger partial charge in [-0.3, -0.25) is 9.89 Å². The second kappa shape index (κ2) is 6.80. The summed E-state index contributed by atoms with van der Waals surface area (Å²) in [5, 5.41) is 10.7. The maximum atomic E-state index is 12.7. The molecular weight excluding hydrogens is 298 g/mol. The number of nitrogens with one attached hydrogen (secondary N) is 2. The van der Waals surface area contributed by atoms with Crippen molar-refractivity contribution in [1.29, 1.82) is 0 Å². The van der Waals surface area contributed by atoms with Crippen LogP contribution in [0.25, 0.3) is 0 Å². The van der Waals surface area contributed by atoms with E-state index in [4.69, 9.17) is 0 Å². The molecular formula is C20H27N3O. The maximum Gasteiger partial charge on any atom is 0.251 e. The van der Waals surface area contributed by atoms with Gasteiger partial charge in [0.25, 0.3) is 5.91 Å². The van der Waals surface area contributed by atoms with E-state index in [9.17, 15) is 4.79 Å². The van der Waals surface area contributed by atoms with Gasteiger partial charge >= 0.3 is 0 Å². The maximum absolute atomic E-state index is 12.7. The number of amides is 1. The molecule has 0 aliphatic heterocycles. The molecule has 1 amide bonds. The van der Waals surface area contributed by atoms with E-state index < -0.39 is 0 Å². The quantitative estimate of drug-likeness (QED) is 0.904. The van der Waals surface area contributed by atoms with Gasteiger partial charge < -0.3 is 5.32 Å². The van der Waals surface area contributed by atoms with Crippen molar-refractivity contribution >= 4 is 5.91 Å². The third kappa shape index (κ3) is 3.10. The zero-order valence-corrected chi connectivity index (χ0v) is 15.2. The van der Waals surface area contributed by atoms with Gasteiger partial charge in [0.15, 0.2) is 0 Å². The highest BCUT2D eigenvalue weighted by Gasteiger charge is 2.18. The number of hydrogen-bond donors (Lipinski definition) is 2. The molecule has 4 heteroatoms. The number of hydrogen-bond acceptors (Lipinski definition) is 2. The fourth-order valence-corrected chi connectivity index (χ4v) is 3.70. The number of aromatic nitrogens is 2. The van der Waals surface area contributed by atoms with Crippen LogP contribution in [0.4, 0.5) is 0 Å². The molecule has 0 atom stereocenters.